The van der Waals surface area contributed by atoms with Gasteiger partial charge in [-0.1, -0.05) is 39.7 Å². The van der Waals surface area contributed by atoms with E-state index in [0.29, 0.717) is 28.2 Å². The highest BCUT2D eigenvalue weighted by molar-refractivity contribution is 9.10. The van der Waals surface area contributed by atoms with Crippen LogP contribution >= 0.6 is 27.5 Å². The quantitative estimate of drug-likeness (QED) is 0.718. The van der Waals surface area contributed by atoms with Crippen molar-refractivity contribution < 1.29 is 9.90 Å². The van der Waals surface area contributed by atoms with E-state index in [1.807, 2.05) is 24.3 Å². The van der Waals surface area contributed by atoms with Crippen molar-refractivity contribution in [3.05, 3.63) is 73.6 Å². The summed E-state index contributed by atoms with van der Waals surface area (Å²) in [5.41, 5.74) is 1.74. The van der Waals surface area contributed by atoms with Crippen LogP contribution in [-0.4, -0.2) is 20.6 Å². The second-order valence-corrected chi connectivity index (χ2v) is 6.63. The molecule has 0 amide bonds. The molecule has 24 heavy (non-hydrogen) atoms. The Labute approximate surface area is 150 Å². The first-order valence-corrected chi connectivity index (χ1v) is 8.26. The van der Waals surface area contributed by atoms with Crippen molar-refractivity contribution in [3.8, 4) is 0 Å². The van der Waals surface area contributed by atoms with Crippen LogP contribution in [0.3, 0.4) is 0 Å². The van der Waals surface area contributed by atoms with Gasteiger partial charge in [0.05, 0.1) is 11.0 Å². The first-order chi connectivity index (χ1) is 11.4. The summed E-state index contributed by atoms with van der Waals surface area (Å²) in [5.74, 6) is -1.10. The normalized spacial score (nSPS) is 10.9. The molecule has 0 saturated heterocycles. The van der Waals surface area contributed by atoms with Crippen LogP contribution in [0.25, 0.3) is 11.0 Å². The number of carboxylic acid groups (broad SMARTS) is 1. The molecular weight excluding hydrogens is 396 g/mol. The molecule has 5 nitrogen and oxygen atoms in total. The van der Waals surface area contributed by atoms with E-state index in [1.54, 1.807) is 18.2 Å². The smallest absolute Gasteiger partial charge is 0.323 e. The Hall–Kier alpha value is -2.18. The van der Waals surface area contributed by atoms with E-state index in [0.717, 1.165) is 10.0 Å². The lowest BCUT2D eigenvalue weighted by Crippen LogP contribution is -2.28. The number of hydrogen-bond donors (Lipinski definition) is 1. The van der Waals surface area contributed by atoms with Gasteiger partial charge in [0.15, 0.2) is 0 Å². The third-order valence-electron chi connectivity index (χ3n) is 3.55. The van der Waals surface area contributed by atoms with Gasteiger partial charge in [-0.3, -0.25) is 14.2 Å². The van der Waals surface area contributed by atoms with Gasteiger partial charge in [-0.15, -0.1) is 0 Å². The van der Waals surface area contributed by atoms with Gasteiger partial charge < -0.3 is 5.11 Å². The Bertz CT molecular complexity index is 984. The standard InChI is InChI=1S/C17H12BrClN2O3/c18-11-3-1-10(2-4-11)7-14-17(24)21(9-16(22)23)15-8-12(19)5-6-13(15)20-14/h1-6,8H,7,9H2,(H,22,23). The van der Waals surface area contributed by atoms with E-state index in [4.69, 9.17) is 16.7 Å². The zero-order chi connectivity index (χ0) is 17.3. The highest BCUT2D eigenvalue weighted by Gasteiger charge is 2.14. The van der Waals surface area contributed by atoms with Crippen molar-refractivity contribution in [2.24, 2.45) is 0 Å². The highest BCUT2D eigenvalue weighted by Crippen LogP contribution is 2.18. The molecule has 122 valence electrons. The third-order valence-corrected chi connectivity index (χ3v) is 4.32. The molecule has 0 radical (unpaired) electrons. The van der Waals surface area contributed by atoms with Gasteiger partial charge in [-0.25, -0.2) is 4.98 Å². The van der Waals surface area contributed by atoms with Gasteiger partial charge in [-0.2, -0.15) is 0 Å². The van der Waals surface area contributed by atoms with Crippen LogP contribution in [0.1, 0.15) is 11.3 Å². The van der Waals surface area contributed by atoms with Crippen LogP contribution in [0.4, 0.5) is 0 Å². The highest BCUT2D eigenvalue weighted by atomic mass is 79.9. The second kappa shape index (κ2) is 6.75. The number of rotatable bonds is 4. The summed E-state index contributed by atoms with van der Waals surface area (Å²) in [7, 11) is 0. The summed E-state index contributed by atoms with van der Waals surface area (Å²) in [4.78, 5) is 28.2. The first kappa shape index (κ1) is 16.7. The average Bonchev–Trinajstić information content (AvgIpc) is 2.54. The monoisotopic (exact) mass is 406 g/mol. The van der Waals surface area contributed by atoms with Crippen LogP contribution in [0.5, 0.6) is 0 Å². The molecule has 0 bridgehead atoms. The van der Waals surface area contributed by atoms with Gasteiger partial charge in [0, 0.05) is 15.9 Å². The molecule has 2 aromatic carbocycles. The van der Waals surface area contributed by atoms with E-state index in [9.17, 15) is 9.59 Å². The zero-order valence-corrected chi connectivity index (χ0v) is 14.7. The number of aliphatic carboxylic acids is 1. The van der Waals surface area contributed by atoms with Gasteiger partial charge in [0.2, 0.25) is 0 Å². The number of halogens is 2. The summed E-state index contributed by atoms with van der Waals surface area (Å²) in [6.45, 7) is -0.439. The largest absolute Gasteiger partial charge is 0.480 e. The lowest BCUT2D eigenvalue weighted by molar-refractivity contribution is -0.137. The first-order valence-electron chi connectivity index (χ1n) is 7.09. The van der Waals surface area contributed by atoms with Crippen molar-refractivity contribution >= 4 is 44.5 Å². The van der Waals surface area contributed by atoms with E-state index in [1.165, 1.54) is 4.57 Å². The topological polar surface area (TPSA) is 72.2 Å². The fraction of sp³-hybridized carbons (Fsp3) is 0.118. The van der Waals surface area contributed by atoms with Crippen molar-refractivity contribution in [3.63, 3.8) is 0 Å². The lowest BCUT2D eigenvalue weighted by Gasteiger charge is -2.11. The minimum absolute atomic E-state index is 0.299. The molecule has 0 unspecified atom stereocenters. The van der Waals surface area contributed by atoms with Gasteiger partial charge in [0.1, 0.15) is 12.2 Å². The van der Waals surface area contributed by atoms with Crippen LogP contribution < -0.4 is 5.56 Å². The zero-order valence-electron chi connectivity index (χ0n) is 12.4. The van der Waals surface area contributed by atoms with Gasteiger partial charge >= 0.3 is 5.97 Å². The minimum atomic E-state index is -1.10. The minimum Gasteiger partial charge on any atom is -0.480 e. The van der Waals surface area contributed by atoms with E-state index in [-0.39, 0.29) is 0 Å². The number of fused-ring (bicyclic) bond motifs is 1. The number of hydrogen-bond acceptors (Lipinski definition) is 3. The summed E-state index contributed by atoms with van der Waals surface area (Å²) in [6.07, 6.45) is 0.324. The number of benzene rings is 2. The molecule has 0 aliphatic heterocycles. The number of carboxylic acids is 1. The van der Waals surface area contributed by atoms with E-state index < -0.39 is 18.1 Å². The fourth-order valence-corrected chi connectivity index (χ4v) is 2.90. The predicted octanol–water partition coefficient (Wildman–Crippen LogP) is 3.49. The summed E-state index contributed by atoms with van der Waals surface area (Å²) < 4.78 is 2.14. The molecule has 3 rings (SSSR count). The summed E-state index contributed by atoms with van der Waals surface area (Å²) in [5, 5.41) is 9.53. The molecule has 0 atom stereocenters. The SMILES string of the molecule is O=C(O)Cn1c(=O)c(Cc2ccc(Br)cc2)nc2ccc(Cl)cc21. The molecule has 0 spiro atoms. The summed E-state index contributed by atoms with van der Waals surface area (Å²) >= 11 is 9.33. The molecular formula is C17H12BrClN2O3. The Kier molecular flexibility index (Phi) is 4.69. The average molecular weight is 408 g/mol. The van der Waals surface area contributed by atoms with Crippen molar-refractivity contribution in [2.45, 2.75) is 13.0 Å². The molecule has 1 N–H and O–H groups in total. The molecule has 1 aromatic heterocycles. The van der Waals surface area contributed by atoms with Crippen LogP contribution in [0.2, 0.25) is 5.02 Å². The van der Waals surface area contributed by atoms with Gasteiger partial charge in [0.25, 0.3) is 5.56 Å². The Morgan fingerprint density at radius 3 is 2.58 bits per heavy atom. The Balaban J connectivity index is 2.16. The maximum absolute atomic E-state index is 12.7. The second-order valence-electron chi connectivity index (χ2n) is 5.28. The van der Waals surface area contributed by atoms with Crippen molar-refractivity contribution in [1.82, 2.24) is 9.55 Å². The Morgan fingerprint density at radius 1 is 1.21 bits per heavy atom. The van der Waals surface area contributed by atoms with Crippen molar-refractivity contribution in [2.75, 3.05) is 0 Å². The number of carbonyl (C=O) groups is 1. The Morgan fingerprint density at radius 2 is 1.92 bits per heavy atom. The summed E-state index contributed by atoms with van der Waals surface area (Å²) in [6, 6.07) is 12.4. The van der Waals surface area contributed by atoms with Crippen LogP contribution in [0, 0.1) is 0 Å². The molecule has 0 aliphatic rings. The number of nitrogens with zero attached hydrogens (tertiary/aromatic N) is 2. The maximum atomic E-state index is 12.7. The van der Waals surface area contributed by atoms with Crippen molar-refractivity contribution in [1.29, 1.82) is 0 Å². The fourth-order valence-electron chi connectivity index (χ4n) is 2.47. The molecule has 0 saturated carbocycles. The van der Waals surface area contributed by atoms with E-state index >= 15 is 0 Å². The van der Waals surface area contributed by atoms with Crippen LogP contribution in [-0.2, 0) is 17.8 Å². The van der Waals surface area contributed by atoms with Crippen LogP contribution in [0.15, 0.2) is 51.7 Å². The molecule has 0 fully saturated rings. The third kappa shape index (κ3) is 3.49. The maximum Gasteiger partial charge on any atom is 0.323 e. The molecule has 0 aliphatic carbocycles. The van der Waals surface area contributed by atoms with Gasteiger partial charge in [-0.05, 0) is 35.9 Å². The predicted molar refractivity (Wildman–Crippen MR) is 95.6 cm³/mol. The lowest BCUT2D eigenvalue weighted by atomic mass is 10.1. The number of aromatic nitrogens is 2. The molecule has 1 heterocycles. The molecule has 3 aromatic rings. The van der Waals surface area contributed by atoms with E-state index in [2.05, 4.69) is 20.9 Å². The molecule has 7 heteroatoms.